The Hall–Kier alpha value is -3.46. The van der Waals surface area contributed by atoms with E-state index in [0.717, 1.165) is 11.3 Å². The van der Waals surface area contributed by atoms with E-state index in [1.807, 2.05) is 47.9 Å². The molecule has 0 N–H and O–H groups in total. The standard InChI is InChI=1S/C21H20N2O4/c1-2-25-17-6-8-18(9-7-17)26-12-10-21(24)27-15-16-14-23-11-4-3-5-20(23)19(16)13-22/h3-9,11,14H,2,10,12,15H2,1H3. The van der Waals surface area contributed by atoms with E-state index >= 15 is 0 Å². The Morgan fingerprint density at radius 1 is 1.11 bits per heavy atom. The van der Waals surface area contributed by atoms with Gasteiger partial charge in [-0.1, -0.05) is 6.07 Å². The van der Waals surface area contributed by atoms with Gasteiger partial charge in [-0.2, -0.15) is 5.26 Å². The van der Waals surface area contributed by atoms with Crippen molar-refractivity contribution in [2.75, 3.05) is 13.2 Å². The predicted molar refractivity (Wildman–Crippen MR) is 99.6 cm³/mol. The first-order valence-corrected chi connectivity index (χ1v) is 8.71. The molecule has 0 aliphatic heterocycles. The first-order chi connectivity index (χ1) is 13.2. The number of fused-ring (bicyclic) bond motifs is 1. The fourth-order valence-electron chi connectivity index (χ4n) is 2.70. The number of hydrogen-bond donors (Lipinski definition) is 0. The van der Waals surface area contributed by atoms with Gasteiger partial charge in [-0.25, -0.2) is 0 Å². The minimum atomic E-state index is -0.375. The molecule has 0 unspecified atom stereocenters. The highest BCUT2D eigenvalue weighted by atomic mass is 16.5. The van der Waals surface area contributed by atoms with E-state index in [1.165, 1.54) is 0 Å². The Morgan fingerprint density at radius 2 is 1.85 bits per heavy atom. The number of hydrogen-bond acceptors (Lipinski definition) is 5. The molecule has 0 fully saturated rings. The van der Waals surface area contributed by atoms with Crippen LogP contribution in [0.25, 0.3) is 5.52 Å². The monoisotopic (exact) mass is 364 g/mol. The third-order valence-electron chi connectivity index (χ3n) is 3.97. The minimum Gasteiger partial charge on any atom is -0.494 e. The summed E-state index contributed by atoms with van der Waals surface area (Å²) in [6, 6.07) is 15.0. The second-order valence-electron chi connectivity index (χ2n) is 5.80. The van der Waals surface area contributed by atoms with Crippen LogP contribution >= 0.6 is 0 Å². The van der Waals surface area contributed by atoms with Crippen LogP contribution < -0.4 is 9.47 Å². The second kappa shape index (κ2) is 8.77. The number of esters is 1. The van der Waals surface area contributed by atoms with Gasteiger partial charge in [-0.3, -0.25) is 4.79 Å². The fraction of sp³-hybridized carbons (Fsp3) is 0.238. The molecular weight excluding hydrogens is 344 g/mol. The van der Waals surface area contributed by atoms with Crippen molar-refractivity contribution in [3.63, 3.8) is 0 Å². The molecule has 1 aromatic carbocycles. The first-order valence-electron chi connectivity index (χ1n) is 8.71. The van der Waals surface area contributed by atoms with Crippen molar-refractivity contribution in [3.8, 4) is 17.6 Å². The van der Waals surface area contributed by atoms with E-state index in [-0.39, 0.29) is 25.6 Å². The van der Waals surface area contributed by atoms with Gasteiger partial charge in [0, 0.05) is 18.0 Å². The summed E-state index contributed by atoms with van der Waals surface area (Å²) in [5, 5.41) is 9.36. The average molecular weight is 364 g/mol. The summed E-state index contributed by atoms with van der Waals surface area (Å²) in [4.78, 5) is 11.9. The van der Waals surface area contributed by atoms with Crippen molar-refractivity contribution in [3.05, 3.63) is 66.0 Å². The highest BCUT2D eigenvalue weighted by Crippen LogP contribution is 2.19. The zero-order valence-electron chi connectivity index (χ0n) is 15.1. The summed E-state index contributed by atoms with van der Waals surface area (Å²) >= 11 is 0. The van der Waals surface area contributed by atoms with Crippen LogP contribution in [0, 0.1) is 11.3 Å². The molecule has 0 radical (unpaired) electrons. The lowest BCUT2D eigenvalue weighted by Gasteiger charge is -2.08. The van der Waals surface area contributed by atoms with E-state index in [2.05, 4.69) is 6.07 Å². The quantitative estimate of drug-likeness (QED) is 0.570. The van der Waals surface area contributed by atoms with Crippen LogP contribution in [-0.2, 0) is 16.1 Å². The zero-order chi connectivity index (χ0) is 19.1. The molecule has 2 aromatic heterocycles. The van der Waals surface area contributed by atoms with Gasteiger partial charge in [0.25, 0.3) is 0 Å². The maximum Gasteiger partial charge on any atom is 0.309 e. The number of pyridine rings is 1. The summed E-state index contributed by atoms with van der Waals surface area (Å²) < 4.78 is 18.0. The minimum absolute atomic E-state index is 0.0620. The van der Waals surface area contributed by atoms with Crippen LogP contribution in [0.15, 0.2) is 54.9 Å². The van der Waals surface area contributed by atoms with Crippen molar-refractivity contribution in [2.45, 2.75) is 20.0 Å². The normalized spacial score (nSPS) is 10.4. The lowest BCUT2D eigenvalue weighted by Crippen LogP contribution is -2.10. The lowest BCUT2D eigenvalue weighted by atomic mass is 10.2. The Morgan fingerprint density at radius 3 is 2.56 bits per heavy atom. The molecule has 0 atom stereocenters. The maximum atomic E-state index is 11.9. The van der Waals surface area contributed by atoms with E-state index < -0.39 is 0 Å². The number of aromatic nitrogens is 1. The third-order valence-corrected chi connectivity index (χ3v) is 3.97. The van der Waals surface area contributed by atoms with Gasteiger partial charge < -0.3 is 18.6 Å². The van der Waals surface area contributed by atoms with Gasteiger partial charge >= 0.3 is 5.97 Å². The number of nitriles is 1. The van der Waals surface area contributed by atoms with E-state index in [1.54, 1.807) is 18.3 Å². The van der Waals surface area contributed by atoms with Crippen LogP contribution in [0.2, 0.25) is 0 Å². The number of carbonyl (C=O) groups is 1. The molecule has 6 heteroatoms. The summed E-state index contributed by atoms with van der Waals surface area (Å²) in [7, 11) is 0. The van der Waals surface area contributed by atoms with Gasteiger partial charge in [0.2, 0.25) is 0 Å². The van der Waals surface area contributed by atoms with Gasteiger partial charge in [0.1, 0.15) is 24.2 Å². The summed E-state index contributed by atoms with van der Waals surface area (Å²) in [5.41, 5.74) is 2.00. The van der Waals surface area contributed by atoms with E-state index in [4.69, 9.17) is 14.2 Å². The fourth-order valence-corrected chi connectivity index (χ4v) is 2.70. The molecule has 0 bridgehead atoms. The number of nitrogens with zero attached hydrogens (tertiary/aromatic N) is 2. The number of ether oxygens (including phenoxy) is 3. The molecule has 138 valence electrons. The van der Waals surface area contributed by atoms with Crippen LogP contribution in [0.1, 0.15) is 24.5 Å². The van der Waals surface area contributed by atoms with Crippen molar-refractivity contribution >= 4 is 11.5 Å². The van der Waals surface area contributed by atoms with Crippen molar-refractivity contribution in [1.29, 1.82) is 5.26 Å². The number of carbonyl (C=O) groups excluding carboxylic acids is 1. The molecular formula is C21H20N2O4. The Bertz CT molecular complexity index is 954. The third kappa shape index (κ3) is 4.59. The molecule has 2 heterocycles. The maximum absolute atomic E-state index is 11.9. The van der Waals surface area contributed by atoms with Crippen LogP contribution in [0.3, 0.4) is 0 Å². The van der Waals surface area contributed by atoms with Gasteiger partial charge in [-0.05, 0) is 43.3 Å². The Labute approximate surface area is 157 Å². The zero-order valence-corrected chi connectivity index (χ0v) is 15.1. The topological polar surface area (TPSA) is 73.0 Å². The molecule has 27 heavy (non-hydrogen) atoms. The van der Waals surface area contributed by atoms with Crippen molar-refractivity contribution < 1.29 is 19.0 Å². The number of rotatable bonds is 8. The molecule has 0 aliphatic rings. The largest absolute Gasteiger partial charge is 0.494 e. The highest BCUT2D eigenvalue weighted by Gasteiger charge is 2.12. The SMILES string of the molecule is CCOc1ccc(OCCC(=O)OCc2cn3ccccc3c2C#N)cc1. The highest BCUT2D eigenvalue weighted by molar-refractivity contribution is 5.70. The van der Waals surface area contributed by atoms with E-state index in [9.17, 15) is 10.1 Å². The van der Waals surface area contributed by atoms with Crippen molar-refractivity contribution in [1.82, 2.24) is 4.40 Å². The molecule has 0 spiro atoms. The molecule has 6 nitrogen and oxygen atoms in total. The average Bonchev–Trinajstić information content (AvgIpc) is 3.05. The molecule has 3 aromatic rings. The number of benzene rings is 1. The lowest BCUT2D eigenvalue weighted by molar-refractivity contribution is -0.145. The van der Waals surface area contributed by atoms with E-state index in [0.29, 0.717) is 23.5 Å². The smallest absolute Gasteiger partial charge is 0.309 e. The predicted octanol–water partition coefficient (Wildman–Crippen LogP) is 3.72. The molecule has 0 aliphatic carbocycles. The first kappa shape index (κ1) is 18.3. The summed E-state index contributed by atoms with van der Waals surface area (Å²) in [6.45, 7) is 2.81. The second-order valence-corrected chi connectivity index (χ2v) is 5.80. The van der Waals surface area contributed by atoms with Gasteiger partial charge in [0.15, 0.2) is 0 Å². The Balaban J connectivity index is 1.48. The molecule has 0 saturated carbocycles. The van der Waals surface area contributed by atoms with Crippen LogP contribution in [-0.4, -0.2) is 23.6 Å². The van der Waals surface area contributed by atoms with Gasteiger partial charge in [-0.15, -0.1) is 0 Å². The molecule has 3 rings (SSSR count). The molecule has 0 amide bonds. The molecule has 0 saturated heterocycles. The van der Waals surface area contributed by atoms with Crippen molar-refractivity contribution in [2.24, 2.45) is 0 Å². The summed E-state index contributed by atoms with van der Waals surface area (Å²) in [5.74, 6) is 1.06. The Kier molecular flexibility index (Phi) is 5.95. The van der Waals surface area contributed by atoms with Gasteiger partial charge in [0.05, 0.1) is 30.7 Å². The van der Waals surface area contributed by atoms with Crippen LogP contribution in [0.4, 0.5) is 0 Å². The van der Waals surface area contributed by atoms with Crippen LogP contribution in [0.5, 0.6) is 11.5 Å². The summed E-state index contributed by atoms with van der Waals surface area (Å²) in [6.07, 6.45) is 3.78.